The number of anilines is 2. The minimum absolute atomic E-state index is 0.279. The molecule has 2 saturated heterocycles. The normalized spacial score (nSPS) is 21.9. The van der Waals surface area contributed by atoms with E-state index in [1.165, 1.54) is 19.2 Å². The van der Waals surface area contributed by atoms with Crippen LogP contribution in [0.25, 0.3) is 11.4 Å². The lowest BCUT2D eigenvalue weighted by molar-refractivity contribution is 0.0985. The summed E-state index contributed by atoms with van der Waals surface area (Å²) < 4.78 is 5.58. The van der Waals surface area contributed by atoms with Gasteiger partial charge in [0, 0.05) is 23.4 Å². The van der Waals surface area contributed by atoms with Gasteiger partial charge in [-0.15, -0.1) is 0 Å². The first-order valence-electron chi connectivity index (χ1n) is 9.46. The zero-order chi connectivity index (χ0) is 20.1. The van der Waals surface area contributed by atoms with E-state index in [4.69, 9.17) is 32.0 Å². The van der Waals surface area contributed by atoms with Crippen LogP contribution in [0.2, 0.25) is 5.15 Å². The van der Waals surface area contributed by atoms with Crippen molar-refractivity contribution in [3.8, 4) is 11.4 Å². The summed E-state index contributed by atoms with van der Waals surface area (Å²) in [6.45, 7) is 4.41. The zero-order valence-electron chi connectivity index (χ0n) is 16.3. The Morgan fingerprint density at radius 3 is 2.71 bits per heavy atom. The summed E-state index contributed by atoms with van der Waals surface area (Å²) in [6.07, 6.45) is 2.38. The first-order valence-corrected chi connectivity index (χ1v) is 10.9. The SMILES string of the molecule is CC1COCCN1c1cc(C2CCCS2)nc(-c2cc(N)nc(Cl)c2)n1.CN. The molecule has 7 nitrogen and oxygen atoms in total. The van der Waals surface area contributed by atoms with Crippen LogP contribution in [-0.4, -0.2) is 53.6 Å². The first kappa shape index (κ1) is 21.1. The van der Waals surface area contributed by atoms with Gasteiger partial charge in [0.1, 0.15) is 16.8 Å². The van der Waals surface area contributed by atoms with Crippen molar-refractivity contribution in [3.63, 3.8) is 0 Å². The minimum atomic E-state index is 0.279. The van der Waals surface area contributed by atoms with Crippen LogP contribution in [-0.2, 0) is 4.74 Å². The van der Waals surface area contributed by atoms with Gasteiger partial charge in [-0.25, -0.2) is 15.0 Å². The van der Waals surface area contributed by atoms with Gasteiger partial charge in [-0.1, -0.05) is 11.6 Å². The standard InChI is InChI=1S/C18H22ClN5OS.CH5N/c1-11-10-25-5-4-24(11)17-9-13(14-3-2-6-26-14)21-18(23-17)12-7-15(19)22-16(20)8-12;1-2/h7-9,11,14H,2-6,10H2,1H3,(H2,20,22);2H2,1H3. The lowest BCUT2D eigenvalue weighted by Crippen LogP contribution is -2.44. The molecule has 0 radical (unpaired) electrons. The Bertz CT molecular complexity index is 782. The van der Waals surface area contributed by atoms with E-state index in [0.29, 0.717) is 35.3 Å². The van der Waals surface area contributed by atoms with Gasteiger partial charge in [0.25, 0.3) is 0 Å². The summed E-state index contributed by atoms with van der Waals surface area (Å²) in [5.74, 6) is 3.15. The molecule has 2 aliphatic rings. The van der Waals surface area contributed by atoms with Crippen LogP contribution in [0.4, 0.5) is 11.6 Å². The van der Waals surface area contributed by atoms with E-state index in [0.717, 1.165) is 30.0 Å². The Balaban J connectivity index is 0.00000109. The van der Waals surface area contributed by atoms with Gasteiger partial charge in [-0.05, 0) is 44.7 Å². The molecule has 2 atom stereocenters. The highest BCUT2D eigenvalue weighted by molar-refractivity contribution is 7.99. The molecule has 0 aromatic carbocycles. The van der Waals surface area contributed by atoms with Crippen LogP contribution in [0.15, 0.2) is 18.2 Å². The van der Waals surface area contributed by atoms with Crippen LogP contribution >= 0.6 is 23.4 Å². The summed E-state index contributed by atoms with van der Waals surface area (Å²) in [6, 6.07) is 5.96. The Labute approximate surface area is 175 Å². The number of thioether (sulfide) groups is 1. The van der Waals surface area contributed by atoms with E-state index >= 15 is 0 Å². The van der Waals surface area contributed by atoms with E-state index in [-0.39, 0.29) is 6.04 Å². The van der Waals surface area contributed by atoms with Crippen LogP contribution in [0.3, 0.4) is 0 Å². The summed E-state index contributed by atoms with van der Waals surface area (Å²) in [4.78, 5) is 16.0. The molecule has 4 heterocycles. The van der Waals surface area contributed by atoms with Gasteiger partial charge >= 0.3 is 0 Å². The number of aromatic nitrogens is 3. The molecule has 2 unspecified atom stereocenters. The van der Waals surface area contributed by atoms with Crippen molar-refractivity contribution in [1.82, 2.24) is 15.0 Å². The molecule has 152 valence electrons. The predicted molar refractivity (Wildman–Crippen MR) is 117 cm³/mol. The Kier molecular flexibility index (Phi) is 7.34. The number of ether oxygens (including phenoxy) is 1. The van der Waals surface area contributed by atoms with Crippen molar-refractivity contribution >= 4 is 35.0 Å². The van der Waals surface area contributed by atoms with E-state index < -0.39 is 0 Å². The molecule has 2 aromatic rings. The molecule has 0 saturated carbocycles. The monoisotopic (exact) mass is 422 g/mol. The van der Waals surface area contributed by atoms with E-state index in [1.807, 2.05) is 11.8 Å². The molecule has 28 heavy (non-hydrogen) atoms. The fourth-order valence-corrected chi connectivity index (χ4v) is 4.88. The van der Waals surface area contributed by atoms with Gasteiger partial charge in [0.15, 0.2) is 5.82 Å². The molecule has 0 bridgehead atoms. The van der Waals surface area contributed by atoms with Crippen molar-refractivity contribution in [3.05, 3.63) is 29.0 Å². The Hall–Kier alpha value is -1.61. The highest BCUT2D eigenvalue weighted by Crippen LogP contribution is 2.40. The third kappa shape index (κ3) is 4.86. The lowest BCUT2D eigenvalue weighted by Gasteiger charge is -2.34. The molecule has 0 aliphatic carbocycles. The third-order valence-electron chi connectivity index (χ3n) is 4.73. The lowest BCUT2D eigenvalue weighted by atomic mass is 10.1. The van der Waals surface area contributed by atoms with E-state index in [2.05, 4.69) is 28.6 Å². The second-order valence-corrected chi connectivity index (χ2v) is 8.39. The van der Waals surface area contributed by atoms with Gasteiger partial charge in [-0.2, -0.15) is 11.8 Å². The van der Waals surface area contributed by atoms with Crippen LogP contribution < -0.4 is 16.4 Å². The molecule has 2 fully saturated rings. The van der Waals surface area contributed by atoms with E-state index in [9.17, 15) is 0 Å². The maximum Gasteiger partial charge on any atom is 0.162 e. The number of halogens is 1. The van der Waals surface area contributed by atoms with Gasteiger partial charge in [0.2, 0.25) is 0 Å². The van der Waals surface area contributed by atoms with Crippen molar-refractivity contribution in [2.45, 2.75) is 31.1 Å². The third-order valence-corrected chi connectivity index (χ3v) is 6.32. The molecule has 0 spiro atoms. The molecule has 2 aromatic heterocycles. The zero-order valence-corrected chi connectivity index (χ0v) is 17.8. The quantitative estimate of drug-likeness (QED) is 0.727. The summed E-state index contributed by atoms with van der Waals surface area (Å²) >= 11 is 8.07. The van der Waals surface area contributed by atoms with Crippen molar-refractivity contribution in [2.24, 2.45) is 5.73 Å². The molecular weight excluding hydrogens is 396 g/mol. The number of hydrogen-bond acceptors (Lipinski definition) is 8. The molecule has 2 aliphatic heterocycles. The van der Waals surface area contributed by atoms with E-state index in [1.54, 1.807) is 12.1 Å². The number of nitrogens with two attached hydrogens (primary N) is 2. The number of pyridine rings is 1. The summed E-state index contributed by atoms with van der Waals surface area (Å²) in [5, 5.41) is 0.770. The average molecular weight is 423 g/mol. The Morgan fingerprint density at radius 1 is 1.21 bits per heavy atom. The number of nitrogens with zero attached hydrogens (tertiary/aromatic N) is 4. The first-order chi connectivity index (χ1) is 13.6. The van der Waals surface area contributed by atoms with Crippen LogP contribution in [0.5, 0.6) is 0 Å². The number of morpholine rings is 1. The fourth-order valence-electron chi connectivity index (χ4n) is 3.42. The fraction of sp³-hybridized carbons (Fsp3) is 0.526. The molecule has 4 N–H and O–H groups in total. The number of rotatable bonds is 3. The van der Waals surface area contributed by atoms with Crippen LogP contribution in [0, 0.1) is 0 Å². The van der Waals surface area contributed by atoms with Gasteiger partial charge < -0.3 is 21.1 Å². The second-order valence-electron chi connectivity index (χ2n) is 6.70. The maximum absolute atomic E-state index is 6.10. The maximum atomic E-state index is 6.10. The summed E-state index contributed by atoms with van der Waals surface area (Å²) in [7, 11) is 1.50. The highest BCUT2D eigenvalue weighted by Gasteiger charge is 2.25. The average Bonchev–Trinajstić information content (AvgIpc) is 3.24. The van der Waals surface area contributed by atoms with Crippen molar-refractivity contribution < 1.29 is 4.74 Å². The minimum Gasteiger partial charge on any atom is -0.384 e. The van der Waals surface area contributed by atoms with Crippen LogP contribution in [0.1, 0.15) is 30.7 Å². The van der Waals surface area contributed by atoms with Crippen molar-refractivity contribution in [1.29, 1.82) is 0 Å². The van der Waals surface area contributed by atoms with Gasteiger partial charge in [0.05, 0.1) is 24.9 Å². The Morgan fingerprint density at radius 2 is 2.04 bits per heavy atom. The predicted octanol–water partition coefficient (Wildman–Crippen LogP) is 3.14. The summed E-state index contributed by atoms with van der Waals surface area (Å²) in [5.41, 5.74) is 12.3. The molecule has 0 amide bonds. The number of nitrogen functional groups attached to an aromatic ring is 1. The highest BCUT2D eigenvalue weighted by atomic mass is 35.5. The number of hydrogen-bond donors (Lipinski definition) is 2. The largest absolute Gasteiger partial charge is 0.384 e. The van der Waals surface area contributed by atoms with Crippen molar-refractivity contribution in [2.75, 3.05) is 43.2 Å². The molecular formula is C19H27ClN6OS. The second kappa shape index (κ2) is 9.73. The molecule has 9 heteroatoms. The topological polar surface area (TPSA) is 103 Å². The smallest absolute Gasteiger partial charge is 0.162 e. The molecule has 4 rings (SSSR count). The van der Waals surface area contributed by atoms with Gasteiger partial charge in [-0.3, -0.25) is 0 Å².